The Labute approximate surface area is 316 Å². The lowest BCUT2D eigenvalue weighted by Gasteiger charge is -2.16. The van der Waals surface area contributed by atoms with Gasteiger partial charge in [0.1, 0.15) is 32.9 Å². The lowest BCUT2D eigenvalue weighted by Crippen LogP contribution is -2.19. The Balaban J connectivity index is 0.000000194. The molecule has 0 atom stereocenters. The molecule has 8 nitrogen and oxygen atoms in total. The van der Waals surface area contributed by atoms with Crippen molar-refractivity contribution in [2.75, 3.05) is 25.1 Å². The van der Waals surface area contributed by atoms with Crippen molar-refractivity contribution in [2.45, 2.75) is 40.0 Å². The third-order valence-electron chi connectivity index (χ3n) is 7.27. The molecule has 0 aliphatic carbocycles. The van der Waals surface area contributed by atoms with E-state index in [-0.39, 0.29) is 0 Å². The molecule has 0 fully saturated rings. The average Bonchev–Trinajstić information content (AvgIpc) is 3.08. The lowest BCUT2D eigenvalue weighted by molar-refractivity contribution is 0.310. The van der Waals surface area contributed by atoms with E-state index in [0.29, 0.717) is 46.0 Å². The van der Waals surface area contributed by atoms with Crippen LogP contribution < -0.4 is 11.1 Å². The minimum absolute atomic E-state index is 0.373. The number of nitrogen functional groups attached to an aromatic ring is 1. The van der Waals surface area contributed by atoms with Gasteiger partial charge in [-0.2, -0.15) is 0 Å². The maximum Gasteiger partial charge on any atom is 0.146 e. The van der Waals surface area contributed by atoms with Crippen molar-refractivity contribution in [1.29, 1.82) is 0 Å². The molecule has 4 aromatic carbocycles. The van der Waals surface area contributed by atoms with Gasteiger partial charge >= 0.3 is 0 Å². The Morgan fingerprint density at radius 1 is 0.529 bits per heavy atom. The van der Waals surface area contributed by atoms with E-state index in [0.717, 1.165) is 24.5 Å². The van der Waals surface area contributed by atoms with Crippen LogP contribution in [0, 0.1) is 13.8 Å². The molecule has 2 aromatic heterocycles. The highest BCUT2D eigenvalue weighted by Crippen LogP contribution is 2.19. The summed E-state index contributed by atoms with van der Waals surface area (Å²) < 4.78 is 0. The zero-order valence-electron chi connectivity index (χ0n) is 29.3. The van der Waals surface area contributed by atoms with Crippen LogP contribution in [-0.4, -0.2) is 43.8 Å². The molecule has 6 aromatic rings. The SMILES string of the molecule is CN(Cc1ccccc1)Cc1nc(Cl)cc(Cl)n1.Cc1ccc(N)cc1.Cc1ccc(Nc2cc(Cl)nc(CN(C)Cc3ccccc3)n2)cc1. The number of hydrogen-bond acceptors (Lipinski definition) is 8. The Kier molecular flexibility index (Phi) is 15.6. The maximum atomic E-state index is 6.18. The molecule has 3 N–H and O–H groups in total. The standard InChI is InChI=1S/C20H21ClN4.C13H13Cl2N3.C7H9N/c1-15-8-10-17(11-9-15)22-19-12-18(21)23-20(24-19)14-25(2)13-16-6-4-3-5-7-16;1-18(8-10-5-3-2-4-6-10)9-13-16-11(14)7-12(15)17-13;1-6-2-4-7(8)5-3-6/h3-12H,13-14H2,1-2H3,(H,22,23,24);2-7H,8-9H2,1H3;2-5H,8H2,1H3. The summed E-state index contributed by atoms with van der Waals surface area (Å²) in [6.07, 6.45) is 0. The summed E-state index contributed by atoms with van der Waals surface area (Å²) in [5.41, 5.74) is 12.2. The van der Waals surface area contributed by atoms with E-state index in [9.17, 15) is 0 Å². The zero-order valence-corrected chi connectivity index (χ0v) is 31.5. The normalized spacial score (nSPS) is 10.6. The number of aryl methyl sites for hydroxylation is 2. The van der Waals surface area contributed by atoms with Gasteiger partial charge in [0.2, 0.25) is 0 Å². The molecular weight excluding hydrogens is 699 g/mol. The summed E-state index contributed by atoms with van der Waals surface area (Å²) in [5.74, 6) is 2.03. The topological polar surface area (TPSA) is 96.1 Å². The third kappa shape index (κ3) is 15.1. The molecule has 6 rings (SSSR count). The fourth-order valence-electron chi connectivity index (χ4n) is 4.84. The second-order valence-electron chi connectivity index (χ2n) is 12.1. The smallest absolute Gasteiger partial charge is 0.146 e. The Morgan fingerprint density at radius 2 is 0.941 bits per heavy atom. The maximum absolute atomic E-state index is 6.18. The Hall–Kier alpha value is -4.57. The summed E-state index contributed by atoms with van der Waals surface area (Å²) in [5, 5.41) is 4.47. The van der Waals surface area contributed by atoms with Gasteiger partial charge in [0.25, 0.3) is 0 Å². The summed E-state index contributed by atoms with van der Waals surface area (Å²) >= 11 is 17.9. The molecular formula is C40H43Cl3N8. The molecule has 0 aliphatic rings. The summed E-state index contributed by atoms with van der Waals surface area (Å²) in [7, 11) is 4.05. The molecule has 11 heteroatoms. The van der Waals surface area contributed by atoms with Gasteiger partial charge in [0.15, 0.2) is 0 Å². The molecule has 2 heterocycles. The predicted octanol–water partition coefficient (Wildman–Crippen LogP) is 9.81. The highest BCUT2D eigenvalue weighted by Gasteiger charge is 2.09. The van der Waals surface area contributed by atoms with E-state index >= 15 is 0 Å². The molecule has 0 aliphatic heterocycles. The molecule has 0 amide bonds. The van der Waals surface area contributed by atoms with E-state index in [1.165, 1.54) is 28.3 Å². The van der Waals surface area contributed by atoms with Crippen molar-refractivity contribution in [3.63, 3.8) is 0 Å². The van der Waals surface area contributed by atoms with Crippen LogP contribution in [0.5, 0.6) is 0 Å². The van der Waals surface area contributed by atoms with E-state index < -0.39 is 0 Å². The number of nitrogens with zero attached hydrogens (tertiary/aromatic N) is 6. The summed E-state index contributed by atoms with van der Waals surface area (Å²) in [6.45, 7) is 6.99. The van der Waals surface area contributed by atoms with Crippen LogP contribution in [0.25, 0.3) is 0 Å². The van der Waals surface area contributed by atoms with Gasteiger partial charge in [0, 0.05) is 36.6 Å². The van der Waals surface area contributed by atoms with Crippen LogP contribution in [0.2, 0.25) is 15.5 Å². The van der Waals surface area contributed by atoms with Crippen molar-refractivity contribution in [2.24, 2.45) is 0 Å². The number of aromatic nitrogens is 4. The molecule has 0 unspecified atom stereocenters. The zero-order chi connectivity index (χ0) is 36.6. The van der Waals surface area contributed by atoms with Gasteiger partial charge in [-0.15, -0.1) is 0 Å². The van der Waals surface area contributed by atoms with Crippen molar-refractivity contribution in [3.05, 3.63) is 171 Å². The largest absolute Gasteiger partial charge is 0.399 e. The lowest BCUT2D eigenvalue weighted by atomic mass is 10.2. The minimum Gasteiger partial charge on any atom is -0.399 e. The van der Waals surface area contributed by atoms with Gasteiger partial charge in [-0.1, -0.05) is 131 Å². The van der Waals surface area contributed by atoms with E-state index in [2.05, 4.69) is 78.4 Å². The van der Waals surface area contributed by atoms with Crippen LogP contribution in [0.15, 0.2) is 121 Å². The Morgan fingerprint density at radius 3 is 1.39 bits per heavy atom. The molecule has 0 spiro atoms. The van der Waals surface area contributed by atoms with Crippen LogP contribution in [-0.2, 0) is 26.2 Å². The highest BCUT2D eigenvalue weighted by molar-refractivity contribution is 6.33. The molecule has 0 bridgehead atoms. The molecule has 264 valence electrons. The number of nitrogens with one attached hydrogen (secondary N) is 1. The second-order valence-corrected chi connectivity index (χ2v) is 13.3. The Bertz CT molecular complexity index is 1870. The molecule has 0 saturated carbocycles. The first-order valence-electron chi connectivity index (χ1n) is 16.3. The minimum atomic E-state index is 0.373. The number of hydrogen-bond donors (Lipinski definition) is 2. The van der Waals surface area contributed by atoms with Gasteiger partial charge in [-0.3, -0.25) is 9.80 Å². The van der Waals surface area contributed by atoms with Crippen LogP contribution >= 0.6 is 34.8 Å². The van der Waals surface area contributed by atoms with Crippen LogP contribution in [0.3, 0.4) is 0 Å². The van der Waals surface area contributed by atoms with Crippen molar-refractivity contribution < 1.29 is 0 Å². The molecule has 0 radical (unpaired) electrons. The van der Waals surface area contributed by atoms with E-state index in [4.69, 9.17) is 40.5 Å². The van der Waals surface area contributed by atoms with Gasteiger partial charge in [-0.05, 0) is 63.3 Å². The number of benzene rings is 4. The number of rotatable bonds is 10. The van der Waals surface area contributed by atoms with E-state index in [1.54, 1.807) is 6.07 Å². The first kappa shape index (κ1) is 39.2. The summed E-state index contributed by atoms with van der Waals surface area (Å²) in [4.78, 5) is 21.5. The summed E-state index contributed by atoms with van der Waals surface area (Å²) in [6, 6.07) is 39.8. The monoisotopic (exact) mass is 740 g/mol. The molecule has 51 heavy (non-hydrogen) atoms. The molecule has 0 saturated heterocycles. The van der Waals surface area contributed by atoms with Crippen molar-refractivity contribution in [3.8, 4) is 0 Å². The van der Waals surface area contributed by atoms with Crippen LogP contribution in [0.1, 0.15) is 33.9 Å². The number of anilines is 3. The number of nitrogens with two attached hydrogens (primary N) is 1. The first-order valence-corrected chi connectivity index (χ1v) is 17.5. The first-order chi connectivity index (χ1) is 24.5. The highest BCUT2D eigenvalue weighted by atomic mass is 35.5. The predicted molar refractivity (Wildman–Crippen MR) is 212 cm³/mol. The second kappa shape index (κ2) is 20.3. The van der Waals surface area contributed by atoms with Gasteiger partial charge < -0.3 is 11.1 Å². The van der Waals surface area contributed by atoms with E-state index in [1.807, 2.05) is 93.8 Å². The third-order valence-corrected chi connectivity index (χ3v) is 7.85. The van der Waals surface area contributed by atoms with Crippen molar-refractivity contribution in [1.82, 2.24) is 29.7 Å². The number of halogens is 3. The fourth-order valence-corrected chi connectivity index (χ4v) is 5.50. The fraction of sp³-hybridized carbons (Fsp3) is 0.200. The average molecular weight is 742 g/mol. The van der Waals surface area contributed by atoms with Crippen LogP contribution in [0.4, 0.5) is 17.2 Å². The van der Waals surface area contributed by atoms with Gasteiger partial charge in [0.05, 0.1) is 13.1 Å². The van der Waals surface area contributed by atoms with Crippen molar-refractivity contribution >= 4 is 52.0 Å². The van der Waals surface area contributed by atoms with Gasteiger partial charge in [-0.25, -0.2) is 19.9 Å². The quantitative estimate of drug-likeness (QED) is 0.106.